The first kappa shape index (κ1) is 15.3. The van der Waals surface area contributed by atoms with Gasteiger partial charge in [-0.2, -0.15) is 5.10 Å². The van der Waals surface area contributed by atoms with Gasteiger partial charge in [0.2, 0.25) is 10.1 Å². The van der Waals surface area contributed by atoms with Crippen molar-refractivity contribution < 1.29 is 0 Å². The molecular formula is C15H17N7S2. The summed E-state index contributed by atoms with van der Waals surface area (Å²) in [7, 11) is 0. The number of thiophene rings is 1. The van der Waals surface area contributed by atoms with E-state index in [1.54, 1.807) is 11.3 Å². The van der Waals surface area contributed by atoms with Crippen molar-refractivity contribution in [3.63, 3.8) is 0 Å². The molecule has 0 aliphatic rings. The van der Waals surface area contributed by atoms with E-state index in [0.717, 1.165) is 32.3 Å². The molecule has 0 radical (unpaired) electrons. The van der Waals surface area contributed by atoms with E-state index >= 15 is 0 Å². The largest absolute Gasteiger partial charge is 0.353 e. The number of anilines is 1. The van der Waals surface area contributed by atoms with Crippen LogP contribution in [0, 0.1) is 0 Å². The van der Waals surface area contributed by atoms with Gasteiger partial charge in [0, 0.05) is 5.41 Å². The minimum atomic E-state index is 0.0268. The molecule has 4 rings (SSSR count). The number of nitrogens with zero attached hydrogens (tertiary/aromatic N) is 5. The van der Waals surface area contributed by atoms with E-state index in [4.69, 9.17) is 0 Å². The van der Waals surface area contributed by atoms with Crippen LogP contribution < -0.4 is 5.32 Å². The van der Waals surface area contributed by atoms with E-state index < -0.39 is 0 Å². The van der Waals surface area contributed by atoms with Crippen molar-refractivity contribution in [3.05, 3.63) is 35.2 Å². The predicted octanol–water partition coefficient (Wildman–Crippen LogP) is 3.55. The van der Waals surface area contributed by atoms with Crippen LogP contribution in [0.1, 0.15) is 32.3 Å². The second-order valence-corrected chi connectivity index (χ2v) is 8.35. The van der Waals surface area contributed by atoms with Crippen molar-refractivity contribution in [1.82, 2.24) is 29.8 Å². The Labute approximate surface area is 146 Å². The minimum absolute atomic E-state index is 0.0268. The second kappa shape index (κ2) is 5.67. The highest BCUT2D eigenvalue weighted by molar-refractivity contribution is 7.20. The SMILES string of the molecule is CC(C)(C)c1cn2nc(NCc3nc(-c4cccs4)n[nH]3)sc2n1. The molecule has 0 aromatic carbocycles. The lowest BCUT2D eigenvalue weighted by atomic mass is 9.93. The third-order valence-electron chi connectivity index (χ3n) is 3.49. The number of aromatic nitrogens is 6. The van der Waals surface area contributed by atoms with Crippen molar-refractivity contribution in [2.45, 2.75) is 32.7 Å². The number of hydrogen-bond donors (Lipinski definition) is 2. The number of rotatable bonds is 4. The molecule has 2 N–H and O–H groups in total. The van der Waals surface area contributed by atoms with Gasteiger partial charge in [-0.05, 0) is 11.4 Å². The lowest BCUT2D eigenvalue weighted by Crippen LogP contribution is -2.11. The van der Waals surface area contributed by atoms with Crippen LogP contribution in [-0.2, 0) is 12.0 Å². The Hall–Kier alpha value is -2.26. The summed E-state index contributed by atoms with van der Waals surface area (Å²) in [6.07, 6.45) is 1.99. The van der Waals surface area contributed by atoms with Gasteiger partial charge in [-0.15, -0.1) is 16.4 Å². The molecule has 0 saturated heterocycles. The zero-order chi connectivity index (χ0) is 16.7. The summed E-state index contributed by atoms with van der Waals surface area (Å²) in [5, 5.41) is 17.8. The first-order valence-corrected chi connectivity index (χ1v) is 9.24. The van der Waals surface area contributed by atoms with E-state index in [-0.39, 0.29) is 5.41 Å². The van der Waals surface area contributed by atoms with Crippen molar-refractivity contribution >= 4 is 32.8 Å². The van der Waals surface area contributed by atoms with Gasteiger partial charge in [0.25, 0.3) is 0 Å². The molecule has 0 aliphatic heterocycles. The van der Waals surface area contributed by atoms with Crippen LogP contribution in [0.4, 0.5) is 5.13 Å². The molecule has 9 heteroatoms. The molecule has 24 heavy (non-hydrogen) atoms. The summed E-state index contributed by atoms with van der Waals surface area (Å²) in [5.41, 5.74) is 1.07. The molecule has 0 atom stereocenters. The summed E-state index contributed by atoms with van der Waals surface area (Å²) < 4.78 is 1.82. The third-order valence-corrected chi connectivity index (χ3v) is 5.24. The molecule has 124 valence electrons. The van der Waals surface area contributed by atoms with E-state index in [9.17, 15) is 0 Å². The van der Waals surface area contributed by atoms with Crippen LogP contribution in [0.2, 0.25) is 0 Å². The topological polar surface area (TPSA) is 83.8 Å². The molecule has 0 bridgehead atoms. The molecule has 0 saturated carbocycles. The number of nitrogens with one attached hydrogen (secondary N) is 2. The van der Waals surface area contributed by atoms with Gasteiger partial charge in [-0.1, -0.05) is 38.2 Å². The molecule has 0 aliphatic carbocycles. The van der Waals surface area contributed by atoms with Crippen LogP contribution in [-0.4, -0.2) is 29.8 Å². The zero-order valence-corrected chi connectivity index (χ0v) is 15.2. The average molecular weight is 359 g/mol. The van der Waals surface area contributed by atoms with E-state index in [2.05, 4.69) is 51.4 Å². The Morgan fingerprint density at radius 2 is 2.17 bits per heavy atom. The first-order chi connectivity index (χ1) is 11.5. The Morgan fingerprint density at radius 3 is 2.88 bits per heavy atom. The van der Waals surface area contributed by atoms with E-state index in [0.29, 0.717) is 6.54 Å². The van der Waals surface area contributed by atoms with E-state index in [1.807, 2.05) is 28.2 Å². The minimum Gasteiger partial charge on any atom is -0.353 e. The molecule has 4 heterocycles. The number of aromatic amines is 1. The van der Waals surface area contributed by atoms with Gasteiger partial charge in [0.1, 0.15) is 5.82 Å². The Bertz CT molecular complexity index is 924. The Kier molecular flexibility index (Phi) is 3.61. The lowest BCUT2D eigenvalue weighted by Gasteiger charge is -2.13. The third kappa shape index (κ3) is 2.92. The maximum absolute atomic E-state index is 4.64. The van der Waals surface area contributed by atoms with Gasteiger partial charge < -0.3 is 5.32 Å². The summed E-state index contributed by atoms with van der Waals surface area (Å²) in [5.74, 6) is 1.51. The Balaban J connectivity index is 1.46. The highest BCUT2D eigenvalue weighted by Crippen LogP contribution is 2.26. The normalized spacial score (nSPS) is 12.1. The first-order valence-electron chi connectivity index (χ1n) is 7.55. The Morgan fingerprint density at radius 1 is 1.29 bits per heavy atom. The van der Waals surface area contributed by atoms with Crippen LogP contribution in [0.25, 0.3) is 15.7 Å². The lowest BCUT2D eigenvalue weighted by molar-refractivity contribution is 0.572. The quantitative estimate of drug-likeness (QED) is 0.582. The molecule has 0 spiro atoms. The van der Waals surface area contributed by atoms with Gasteiger partial charge >= 0.3 is 0 Å². The molecular weight excluding hydrogens is 342 g/mol. The van der Waals surface area contributed by atoms with Gasteiger partial charge in [0.15, 0.2) is 5.82 Å². The average Bonchev–Trinajstić information content (AvgIpc) is 3.26. The van der Waals surface area contributed by atoms with Gasteiger partial charge in [0.05, 0.1) is 23.3 Å². The maximum atomic E-state index is 4.64. The predicted molar refractivity (Wildman–Crippen MR) is 96.6 cm³/mol. The fourth-order valence-electron chi connectivity index (χ4n) is 2.18. The van der Waals surface area contributed by atoms with Crippen molar-refractivity contribution in [3.8, 4) is 10.7 Å². The molecule has 7 nitrogen and oxygen atoms in total. The monoisotopic (exact) mass is 359 g/mol. The van der Waals surface area contributed by atoms with Crippen molar-refractivity contribution in [2.75, 3.05) is 5.32 Å². The second-order valence-electron chi connectivity index (χ2n) is 6.45. The summed E-state index contributed by atoms with van der Waals surface area (Å²) >= 11 is 3.15. The fourth-order valence-corrected chi connectivity index (χ4v) is 3.62. The fraction of sp³-hybridized carbons (Fsp3) is 0.333. The zero-order valence-electron chi connectivity index (χ0n) is 13.6. The number of hydrogen-bond acceptors (Lipinski definition) is 7. The van der Waals surface area contributed by atoms with Crippen LogP contribution in [0.5, 0.6) is 0 Å². The van der Waals surface area contributed by atoms with Crippen LogP contribution in [0.15, 0.2) is 23.7 Å². The van der Waals surface area contributed by atoms with Crippen LogP contribution >= 0.6 is 22.7 Å². The van der Waals surface area contributed by atoms with Crippen molar-refractivity contribution in [2.24, 2.45) is 0 Å². The smallest absolute Gasteiger partial charge is 0.214 e. The maximum Gasteiger partial charge on any atom is 0.214 e. The molecule has 4 aromatic heterocycles. The summed E-state index contributed by atoms with van der Waals surface area (Å²) in [6, 6.07) is 4.00. The highest BCUT2D eigenvalue weighted by Gasteiger charge is 2.19. The molecule has 0 fully saturated rings. The van der Waals surface area contributed by atoms with E-state index in [1.165, 1.54) is 11.3 Å². The van der Waals surface area contributed by atoms with Gasteiger partial charge in [-0.3, -0.25) is 5.10 Å². The molecule has 4 aromatic rings. The van der Waals surface area contributed by atoms with Gasteiger partial charge in [-0.25, -0.2) is 14.5 Å². The molecule has 0 amide bonds. The number of H-pyrrole nitrogens is 1. The molecule has 0 unspecified atom stereocenters. The number of fused-ring (bicyclic) bond motifs is 1. The summed E-state index contributed by atoms with van der Waals surface area (Å²) in [4.78, 5) is 11.1. The van der Waals surface area contributed by atoms with Crippen molar-refractivity contribution in [1.29, 1.82) is 0 Å². The highest BCUT2D eigenvalue weighted by atomic mass is 32.1. The standard InChI is InChI=1S/C15H17N7S2/c1-15(2,3)10-8-22-14(17-10)24-13(21-22)16-7-11-18-12(20-19-11)9-5-4-6-23-9/h4-6,8H,7H2,1-3H3,(H,16,21)(H,18,19,20). The number of imidazole rings is 1. The van der Waals surface area contributed by atoms with Crippen LogP contribution in [0.3, 0.4) is 0 Å². The summed E-state index contributed by atoms with van der Waals surface area (Å²) in [6.45, 7) is 6.98.